The Bertz CT molecular complexity index is 1160. The van der Waals surface area contributed by atoms with E-state index < -0.39 is 0 Å². The first-order valence-corrected chi connectivity index (χ1v) is 12.1. The second kappa shape index (κ2) is 11.2. The Morgan fingerprint density at radius 1 is 1.24 bits per heavy atom. The minimum absolute atomic E-state index is 0. The third-order valence-corrected chi connectivity index (χ3v) is 6.80. The van der Waals surface area contributed by atoms with Crippen molar-refractivity contribution in [3.63, 3.8) is 0 Å². The first-order chi connectivity index (χ1) is 15.9. The van der Waals surface area contributed by atoms with Crippen LogP contribution in [0.25, 0.3) is 0 Å². The number of anilines is 1. The summed E-state index contributed by atoms with van der Waals surface area (Å²) in [6.07, 6.45) is 0.742. The van der Waals surface area contributed by atoms with E-state index in [1.54, 1.807) is 17.7 Å². The highest BCUT2D eigenvalue weighted by molar-refractivity contribution is 7.17. The zero-order valence-electron chi connectivity index (χ0n) is 20.0. The second-order valence-corrected chi connectivity index (χ2v) is 9.64. The zero-order valence-corrected chi connectivity index (χ0v) is 21.6. The summed E-state index contributed by atoms with van der Waals surface area (Å²) in [6.45, 7) is 10.3. The van der Waals surface area contributed by atoms with Gasteiger partial charge in [-0.25, -0.2) is 4.79 Å². The molecular formula is C25H31ClN4O3S. The Hall–Kier alpha value is -2.68. The predicted octanol–water partition coefficient (Wildman–Crippen LogP) is 5.24. The number of carbonyl (C=O) groups is 2. The van der Waals surface area contributed by atoms with E-state index in [0.717, 1.165) is 42.2 Å². The second-order valence-electron chi connectivity index (χ2n) is 8.54. The third-order valence-electron chi connectivity index (χ3n) is 5.67. The molecule has 9 heteroatoms. The molecule has 0 bridgehead atoms. The average Bonchev–Trinajstić information content (AvgIpc) is 3.34. The van der Waals surface area contributed by atoms with Crippen LogP contribution in [0.1, 0.15) is 69.4 Å². The first kappa shape index (κ1) is 25.9. The molecule has 0 fully saturated rings. The molecule has 1 N–H and O–H groups in total. The number of amides is 1. The standard InChI is InChI=1S/C25H30N4O3S.ClH/c1-5-32-25(31)22-19-11-12-28(14-18-9-7-6-8-10-18)15-21(19)33-24(22)26-23(30)20-13-17(4)27-29(20)16(2)3;/h6-10,13,16H,5,11-12,14-15H2,1-4H3,(H,26,30);1H. The van der Waals surface area contributed by atoms with Gasteiger partial charge in [0, 0.05) is 30.6 Å². The lowest BCUT2D eigenvalue weighted by Crippen LogP contribution is -2.30. The third kappa shape index (κ3) is 5.51. The molecule has 0 radical (unpaired) electrons. The van der Waals surface area contributed by atoms with Crippen LogP contribution in [0.4, 0.5) is 5.00 Å². The van der Waals surface area contributed by atoms with Crippen LogP contribution in [-0.4, -0.2) is 39.7 Å². The van der Waals surface area contributed by atoms with Crippen LogP contribution in [0.2, 0.25) is 0 Å². The smallest absolute Gasteiger partial charge is 0.341 e. The molecule has 34 heavy (non-hydrogen) atoms. The van der Waals surface area contributed by atoms with Gasteiger partial charge in [0.25, 0.3) is 5.91 Å². The number of benzene rings is 1. The number of carbonyl (C=O) groups excluding carboxylic acids is 2. The summed E-state index contributed by atoms with van der Waals surface area (Å²) in [5.74, 6) is -0.648. The Morgan fingerprint density at radius 2 is 1.97 bits per heavy atom. The largest absolute Gasteiger partial charge is 0.462 e. The van der Waals surface area contributed by atoms with E-state index >= 15 is 0 Å². The summed E-state index contributed by atoms with van der Waals surface area (Å²) in [5.41, 5.74) is 4.01. The lowest BCUT2D eigenvalue weighted by molar-refractivity contribution is 0.0526. The van der Waals surface area contributed by atoms with Crippen LogP contribution < -0.4 is 5.32 Å². The van der Waals surface area contributed by atoms with Gasteiger partial charge in [0.15, 0.2) is 0 Å². The van der Waals surface area contributed by atoms with Gasteiger partial charge < -0.3 is 10.1 Å². The number of aromatic nitrogens is 2. The molecule has 0 aliphatic carbocycles. The van der Waals surface area contributed by atoms with Gasteiger partial charge in [-0.15, -0.1) is 23.7 Å². The highest BCUT2D eigenvalue weighted by Gasteiger charge is 2.30. The van der Waals surface area contributed by atoms with Crippen molar-refractivity contribution in [1.29, 1.82) is 0 Å². The van der Waals surface area contributed by atoms with Crippen LogP contribution in [0.3, 0.4) is 0 Å². The molecule has 182 valence electrons. The number of nitrogens with one attached hydrogen (secondary N) is 1. The van der Waals surface area contributed by atoms with E-state index in [4.69, 9.17) is 4.74 Å². The van der Waals surface area contributed by atoms with Crippen molar-refractivity contribution in [2.24, 2.45) is 0 Å². The highest BCUT2D eigenvalue weighted by atomic mass is 35.5. The van der Waals surface area contributed by atoms with Crippen molar-refractivity contribution < 1.29 is 14.3 Å². The van der Waals surface area contributed by atoms with Gasteiger partial charge in [-0.3, -0.25) is 14.4 Å². The van der Waals surface area contributed by atoms with Crippen molar-refractivity contribution in [3.8, 4) is 0 Å². The summed E-state index contributed by atoms with van der Waals surface area (Å²) in [4.78, 5) is 29.5. The number of ether oxygens (including phenoxy) is 1. The Morgan fingerprint density at radius 3 is 2.65 bits per heavy atom. The lowest BCUT2D eigenvalue weighted by Gasteiger charge is -2.27. The highest BCUT2D eigenvalue weighted by Crippen LogP contribution is 2.38. The molecule has 3 heterocycles. The van der Waals surface area contributed by atoms with Gasteiger partial charge >= 0.3 is 5.97 Å². The van der Waals surface area contributed by atoms with Crippen molar-refractivity contribution in [1.82, 2.24) is 14.7 Å². The molecule has 0 spiro atoms. The summed E-state index contributed by atoms with van der Waals surface area (Å²) < 4.78 is 7.07. The molecular weight excluding hydrogens is 472 g/mol. The summed E-state index contributed by atoms with van der Waals surface area (Å²) >= 11 is 1.47. The molecule has 4 rings (SSSR count). The van der Waals surface area contributed by atoms with Gasteiger partial charge in [0.1, 0.15) is 10.7 Å². The SMILES string of the molecule is CCOC(=O)c1c(NC(=O)c2cc(C)nn2C(C)C)sc2c1CCN(Cc1ccccc1)C2.Cl. The van der Waals surface area contributed by atoms with Crippen LogP contribution in [0.15, 0.2) is 36.4 Å². The maximum absolute atomic E-state index is 13.2. The van der Waals surface area contributed by atoms with Crippen molar-refractivity contribution in [3.05, 3.63) is 69.4 Å². The molecule has 0 atom stereocenters. The molecule has 1 aromatic carbocycles. The molecule has 1 amide bonds. The summed E-state index contributed by atoms with van der Waals surface area (Å²) in [7, 11) is 0. The number of aryl methyl sites for hydroxylation is 1. The van der Waals surface area contributed by atoms with E-state index in [0.29, 0.717) is 16.3 Å². The van der Waals surface area contributed by atoms with E-state index in [-0.39, 0.29) is 36.9 Å². The van der Waals surface area contributed by atoms with Gasteiger partial charge in [-0.05, 0) is 51.3 Å². The van der Waals surface area contributed by atoms with E-state index in [2.05, 4.69) is 27.4 Å². The van der Waals surface area contributed by atoms with Crippen LogP contribution >= 0.6 is 23.7 Å². The van der Waals surface area contributed by atoms with Crippen molar-refractivity contribution in [2.75, 3.05) is 18.5 Å². The molecule has 1 aliphatic rings. The molecule has 2 aromatic heterocycles. The fourth-order valence-corrected chi connectivity index (χ4v) is 5.46. The number of fused-ring (bicyclic) bond motifs is 1. The van der Waals surface area contributed by atoms with E-state index in [1.165, 1.54) is 16.9 Å². The molecule has 3 aromatic rings. The fraction of sp³-hybridized carbons (Fsp3) is 0.400. The van der Waals surface area contributed by atoms with Crippen LogP contribution in [-0.2, 0) is 24.2 Å². The van der Waals surface area contributed by atoms with Crippen LogP contribution in [0.5, 0.6) is 0 Å². The average molecular weight is 503 g/mol. The molecule has 0 saturated carbocycles. The zero-order chi connectivity index (χ0) is 23.5. The van der Waals surface area contributed by atoms with E-state index in [9.17, 15) is 9.59 Å². The van der Waals surface area contributed by atoms with Crippen molar-refractivity contribution in [2.45, 2.75) is 53.2 Å². The fourth-order valence-electron chi connectivity index (χ4n) is 4.19. The molecule has 0 saturated heterocycles. The number of hydrogen-bond donors (Lipinski definition) is 1. The quantitative estimate of drug-likeness (QED) is 0.447. The minimum Gasteiger partial charge on any atom is -0.462 e. The lowest BCUT2D eigenvalue weighted by atomic mass is 10.0. The Labute approximate surface area is 210 Å². The van der Waals surface area contributed by atoms with Gasteiger partial charge in [-0.1, -0.05) is 30.3 Å². The summed E-state index contributed by atoms with van der Waals surface area (Å²) in [5, 5.41) is 7.99. The number of rotatable bonds is 7. The first-order valence-electron chi connectivity index (χ1n) is 11.3. The Balaban J connectivity index is 0.00000324. The number of nitrogens with zero attached hydrogens (tertiary/aromatic N) is 3. The minimum atomic E-state index is -0.379. The van der Waals surface area contributed by atoms with Gasteiger partial charge in [0.2, 0.25) is 0 Å². The van der Waals surface area contributed by atoms with Crippen LogP contribution in [0, 0.1) is 6.92 Å². The topological polar surface area (TPSA) is 76.5 Å². The Kier molecular flexibility index (Phi) is 8.52. The molecule has 7 nitrogen and oxygen atoms in total. The van der Waals surface area contributed by atoms with Crippen molar-refractivity contribution >= 4 is 40.6 Å². The summed E-state index contributed by atoms with van der Waals surface area (Å²) in [6, 6.07) is 12.2. The predicted molar refractivity (Wildman–Crippen MR) is 137 cm³/mol. The maximum Gasteiger partial charge on any atom is 0.341 e. The molecule has 0 unspecified atom stereocenters. The number of halogens is 1. The van der Waals surface area contributed by atoms with E-state index in [1.807, 2.05) is 39.0 Å². The normalized spacial score (nSPS) is 13.3. The van der Waals surface area contributed by atoms with Gasteiger partial charge in [-0.2, -0.15) is 5.10 Å². The number of esters is 1. The number of thiophene rings is 1. The number of hydrogen-bond acceptors (Lipinski definition) is 6. The maximum atomic E-state index is 13.2. The van der Waals surface area contributed by atoms with Gasteiger partial charge in [0.05, 0.1) is 17.9 Å². The molecule has 1 aliphatic heterocycles. The monoisotopic (exact) mass is 502 g/mol.